The first-order valence-electron chi connectivity index (χ1n) is 10.8. The Bertz CT molecular complexity index is 1260. The van der Waals surface area contributed by atoms with Crippen LogP contribution in [0.3, 0.4) is 0 Å². The number of nitrogens with zero attached hydrogens (tertiary/aromatic N) is 3. The van der Waals surface area contributed by atoms with Gasteiger partial charge in [0.15, 0.2) is 11.0 Å². The van der Waals surface area contributed by atoms with E-state index in [2.05, 4.69) is 30.6 Å². The van der Waals surface area contributed by atoms with Crippen LogP contribution in [0.1, 0.15) is 45.9 Å². The molecule has 0 aliphatic rings. The summed E-state index contributed by atoms with van der Waals surface area (Å²) in [6.07, 6.45) is 1.53. The Kier molecular flexibility index (Phi) is 7.48. The number of rotatable bonds is 5. The van der Waals surface area contributed by atoms with Gasteiger partial charge in [0.05, 0.1) is 21.7 Å². The zero-order valence-corrected chi connectivity index (χ0v) is 20.4. The molecule has 4 rings (SSSR count). The fourth-order valence-electron chi connectivity index (χ4n) is 3.38. The number of nitrogens with one attached hydrogen (secondary N) is 1. The molecule has 2 heterocycles. The highest BCUT2D eigenvalue weighted by atomic mass is 32.2. The Hall–Kier alpha value is -3.26. The van der Waals surface area contributed by atoms with Crippen molar-refractivity contribution < 1.29 is 18.5 Å². The van der Waals surface area contributed by atoms with Crippen molar-refractivity contribution in [1.82, 2.24) is 9.78 Å². The summed E-state index contributed by atoms with van der Waals surface area (Å²) < 4.78 is 31.9. The van der Waals surface area contributed by atoms with Crippen molar-refractivity contribution in [3.05, 3.63) is 78.1 Å². The predicted molar refractivity (Wildman–Crippen MR) is 130 cm³/mol. The fourth-order valence-corrected chi connectivity index (χ4v) is 4.22. The maximum absolute atomic E-state index is 13.4. The number of alkyl halides is 1. The largest absolute Gasteiger partial charge is 0.285 e. The summed E-state index contributed by atoms with van der Waals surface area (Å²) >= 11 is 0. The van der Waals surface area contributed by atoms with Gasteiger partial charge >= 0.3 is 0 Å². The van der Waals surface area contributed by atoms with E-state index in [0.29, 0.717) is 27.3 Å². The maximum atomic E-state index is 13.4. The first-order valence-corrected chi connectivity index (χ1v) is 12.0. The van der Waals surface area contributed by atoms with E-state index in [0.717, 1.165) is 10.3 Å². The van der Waals surface area contributed by atoms with Crippen LogP contribution in [0, 0.1) is 0 Å². The topological polar surface area (TPSA) is 71.0 Å². The predicted octanol–water partition coefficient (Wildman–Crippen LogP) is 5.48. The molecule has 0 saturated carbocycles. The van der Waals surface area contributed by atoms with Crippen LogP contribution >= 0.6 is 0 Å². The van der Waals surface area contributed by atoms with Gasteiger partial charge in [0.1, 0.15) is 12.5 Å². The highest BCUT2D eigenvalue weighted by Crippen LogP contribution is 2.26. The molecule has 1 atom stereocenters. The molecule has 0 amide bonds. The molecule has 0 bridgehead atoms. The lowest BCUT2D eigenvalue weighted by molar-refractivity contribution is -0.884. The van der Waals surface area contributed by atoms with E-state index in [1.165, 1.54) is 16.9 Å². The van der Waals surface area contributed by atoms with Gasteiger partial charge in [0.2, 0.25) is 6.20 Å². The number of anilines is 1. The average Bonchev–Trinajstić information content (AvgIpc) is 3.22. The number of hydrogen-bond acceptors (Lipinski definition) is 3. The van der Waals surface area contributed by atoms with Crippen molar-refractivity contribution in [2.75, 3.05) is 4.72 Å². The van der Waals surface area contributed by atoms with E-state index in [4.69, 9.17) is 0 Å². The quantitative estimate of drug-likeness (QED) is 0.300. The zero-order chi connectivity index (χ0) is 24.2. The molecular weight excluding hydrogens is 439 g/mol. The lowest BCUT2D eigenvalue weighted by Gasteiger charge is -2.19. The van der Waals surface area contributed by atoms with Gasteiger partial charge < -0.3 is 0 Å². The molecule has 33 heavy (non-hydrogen) atoms. The summed E-state index contributed by atoms with van der Waals surface area (Å²) in [4.78, 5) is 0.605. The van der Waals surface area contributed by atoms with E-state index >= 15 is 0 Å². The molecular formula is C25H30FN4O2S+. The number of aromatic nitrogens is 3. The number of halogens is 1. The zero-order valence-electron chi connectivity index (χ0n) is 19.5. The van der Waals surface area contributed by atoms with Gasteiger partial charge in [-0.25, -0.2) is 13.3 Å². The van der Waals surface area contributed by atoms with Gasteiger partial charge in [0.25, 0.3) is 5.52 Å². The minimum absolute atomic E-state index is 0.0000342. The molecule has 1 unspecified atom stereocenters. The Morgan fingerprint density at radius 3 is 2.42 bits per heavy atom. The summed E-state index contributed by atoms with van der Waals surface area (Å²) in [5, 5.41) is 15.1. The first-order chi connectivity index (χ1) is 15.8. The third-order valence-electron chi connectivity index (χ3n) is 5.05. The molecule has 4 aromatic rings. The Labute approximate surface area is 196 Å². The fraction of sp³-hybridized carbons (Fsp3) is 0.280. The lowest BCUT2D eigenvalue weighted by Crippen LogP contribution is -2.30. The minimum atomic E-state index is -1.57. The number of hydrogen-bond donors (Lipinski definition) is 2. The molecule has 0 aliphatic heterocycles. The Morgan fingerprint density at radius 2 is 1.79 bits per heavy atom. The van der Waals surface area contributed by atoms with Crippen molar-refractivity contribution in [3.8, 4) is 5.69 Å². The molecule has 8 heteroatoms. The Morgan fingerprint density at radius 1 is 1.09 bits per heavy atom. The van der Waals surface area contributed by atoms with E-state index in [9.17, 15) is 13.8 Å². The Balaban J connectivity index is 0.00000149. The van der Waals surface area contributed by atoms with Crippen molar-refractivity contribution in [3.63, 3.8) is 0 Å². The lowest BCUT2D eigenvalue weighted by atomic mass is 9.87. The van der Waals surface area contributed by atoms with E-state index in [1.54, 1.807) is 18.2 Å². The van der Waals surface area contributed by atoms with Gasteiger partial charge in [-0.3, -0.25) is 9.93 Å². The molecule has 6 nitrogen and oxygen atoms in total. The van der Waals surface area contributed by atoms with E-state index in [1.807, 2.05) is 50.2 Å². The van der Waals surface area contributed by atoms with Crippen molar-refractivity contribution >= 4 is 27.7 Å². The highest BCUT2D eigenvalue weighted by molar-refractivity contribution is 7.86. The molecule has 2 aromatic carbocycles. The van der Waals surface area contributed by atoms with Crippen molar-refractivity contribution in [2.24, 2.45) is 0 Å². The van der Waals surface area contributed by atoms with Crippen LogP contribution in [0.2, 0.25) is 0 Å². The molecule has 0 spiro atoms. The third-order valence-corrected chi connectivity index (χ3v) is 6.15. The van der Waals surface area contributed by atoms with Gasteiger partial charge in [-0.05, 0) is 35.2 Å². The number of fused-ring (bicyclic) bond motifs is 1. The highest BCUT2D eigenvalue weighted by Gasteiger charge is 2.19. The molecule has 2 N–H and O–H groups in total. The second-order valence-electron chi connectivity index (χ2n) is 8.27. The first kappa shape index (κ1) is 24.4. The van der Waals surface area contributed by atoms with Gasteiger partial charge in [0, 0.05) is 22.9 Å². The van der Waals surface area contributed by atoms with Crippen LogP contribution in [0.5, 0.6) is 0 Å². The average molecular weight is 470 g/mol. The van der Waals surface area contributed by atoms with Crippen LogP contribution in [-0.2, 0) is 23.1 Å². The van der Waals surface area contributed by atoms with Gasteiger partial charge in [-0.1, -0.05) is 52.8 Å². The molecule has 2 aromatic heterocycles. The summed E-state index contributed by atoms with van der Waals surface area (Å²) in [5.74, 6) is 0.395. The van der Waals surface area contributed by atoms with Crippen LogP contribution in [0.15, 0.2) is 71.8 Å². The van der Waals surface area contributed by atoms with Gasteiger partial charge in [-0.15, -0.1) is 0 Å². The third kappa shape index (κ3) is 5.22. The van der Waals surface area contributed by atoms with E-state index in [-0.39, 0.29) is 11.1 Å². The summed E-state index contributed by atoms with van der Waals surface area (Å²) in [6, 6.07) is 18.0. The number of pyridine rings is 1. The molecule has 0 fully saturated rings. The molecule has 0 aliphatic carbocycles. The van der Waals surface area contributed by atoms with Crippen LogP contribution in [-0.4, -0.2) is 19.2 Å². The maximum Gasteiger partial charge on any atom is 0.266 e. The van der Waals surface area contributed by atoms with Crippen molar-refractivity contribution in [2.45, 2.75) is 51.6 Å². The van der Waals surface area contributed by atoms with Crippen molar-refractivity contribution in [1.29, 1.82) is 0 Å². The second-order valence-corrected chi connectivity index (χ2v) is 9.49. The summed E-state index contributed by atoms with van der Waals surface area (Å²) in [6.45, 7) is 9.61. The normalized spacial score (nSPS) is 12.2. The SMILES string of the molecule is CC.CC(C)(C)c1ccc(S(=O)Nc2cc(CF)nn2-c2cccc3c2ccc[n+]3O)cc1. The second kappa shape index (κ2) is 10.1. The summed E-state index contributed by atoms with van der Waals surface area (Å²) in [7, 11) is -1.57. The molecule has 174 valence electrons. The van der Waals surface area contributed by atoms with Crippen LogP contribution in [0.25, 0.3) is 16.6 Å². The van der Waals surface area contributed by atoms with E-state index < -0.39 is 17.7 Å². The standard InChI is InChI=1S/C23H24FN4O2S.C2H6/c1-23(2,3)16-9-11-18(12-10-16)31(30)26-22-14-17(15-24)25-28(22)21-8-4-7-20-19(21)6-5-13-27(20)29;1-2/h4-14,26,29H,15H2,1-3H3;1-2H3/q+1;. The van der Waals surface area contributed by atoms with Crippen LogP contribution in [0.4, 0.5) is 10.2 Å². The smallest absolute Gasteiger partial charge is 0.266 e. The molecule has 0 saturated heterocycles. The number of benzene rings is 2. The summed E-state index contributed by atoms with van der Waals surface area (Å²) in [5.41, 5.74) is 2.56. The molecule has 0 radical (unpaired) electrons. The van der Waals surface area contributed by atoms with Gasteiger partial charge in [-0.2, -0.15) is 5.10 Å². The monoisotopic (exact) mass is 469 g/mol. The van der Waals surface area contributed by atoms with Crippen LogP contribution < -0.4 is 9.45 Å². The minimum Gasteiger partial charge on any atom is -0.285 e.